The van der Waals surface area contributed by atoms with Crippen molar-refractivity contribution in [3.8, 4) is 5.69 Å². The molecule has 0 fully saturated rings. The highest BCUT2D eigenvalue weighted by Gasteiger charge is 2.33. The van der Waals surface area contributed by atoms with E-state index < -0.39 is 17.4 Å². The van der Waals surface area contributed by atoms with Crippen LogP contribution in [0.3, 0.4) is 0 Å². The fourth-order valence-electron chi connectivity index (χ4n) is 1.38. The van der Waals surface area contributed by atoms with Gasteiger partial charge in [-0.2, -0.15) is 13.2 Å². The van der Waals surface area contributed by atoms with E-state index in [0.29, 0.717) is 15.8 Å². The largest absolute Gasteiger partial charge is 0.432 e. The number of hydrogen-bond donors (Lipinski definition) is 1. The summed E-state index contributed by atoms with van der Waals surface area (Å²) in [6.07, 6.45) is -4.62. The van der Waals surface area contributed by atoms with Gasteiger partial charge in [0.2, 0.25) is 0 Å². The SMILES string of the molecule is O=c1cc(C(F)(F)F)[nH]n1-c1ccc(Cl)cc1Cl. The summed E-state index contributed by atoms with van der Waals surface area (Å²) in [6.45, 7) is 0. The van der Waals surface area contributed by atoms with Gasteiger partial charge in [0, 0.05) is 11.1 Å². The number of aromatic amines is 1. The predicted octanol–water partition coefficient (Wildman–Crippen LogP) is 3.49. The van der Waals surface area contributed by atoms with Crippen LogP contribution in [0.4, 0.5) is 13.2 Å². The first-order valence-corrected chi connectivity index (χ1v) is 5.39. The first-order valence-electron chi connectivity index (χ1n) is 4.64. The van der Waals surface area contributed by atoms with Crippen molar-refractivity contribution in [2.24, 2.45) is 0 Å². The Kier molecular flexibility index (Phi) is 3.16. The Bertz CT molecular complexity index is 645. The lowest BCUT2D eigenvalue weighted by Crippen LogP contribution is -2.14. The molecule has 0 unspecified atom stereocenters. The van der Waals surface area contributed by atoms with Crippen molar-refractivity contribution in [3.05, 3.63) is 50.4 Å². The minimum atomic E-state index is -4.62. The molecule has 2 rings (SSSR count). The van der Waals surface area contributed by atoms with Gasteiger partial charge in [0.15, 0.2) is 0 Å². The van der Waals surface area contributed by atoms with Crippen LogP contribution in [0.15, 0.2) is 29.1 Å². The zero-order valence-corrected chi connectivity index (χ0v) is 10.1. The monoisotopic (exact) mass is 296 g/mol. The Labute approximate surface area is 109 Å². The number of nitrogens with zero attached hydrogens (tertiary/aromatic N) is 1. The second kappa shape index (κ2) is 4.37. The van der Waals surface area contributed by atoms with Crippen LogP contribution in [0.25, 0.3) is 5.69 Å². The molecular weight excluding hydrogens is 292 g/mol. The standard InChI is InChI=1S/C10H5Cl2F3N2O/c11-5-1-2-7(6(12)3-5)17-9(18)4-8(16-17)10(13,14)15/h1-4,16H. The van der Waals surface area contributed by atoms with Crippen molar-refractivity contribution >= 4 is 23.2 Å². The first-order chi connectivity index (χ1) is 8.29. The normalized spacial score (nSPS) is 11.8. The highest BCUT2D eigenvalue weighted by molar-refractivity contribution is 6.35. The molecule has 0 saturated heterocycles. The Morgan fingerprint density at radius 1 is 1.17 bits per heavy atom. The third-order valence-electron chi connectivity index (χ3n) is 2.18. The van der Waals surface area contributed by atoms with E-state index in [9.17, 15) is 18.0 Å². The van der Waals surface area contributed by atoms with Crippen LogP contribution in [0.5, 0.6) is 0 Å². The average Bonchev–Trinajstić information content (AvgIpc) is 2.60. The molecule has 0 aliphatic rings. The minimum Gasteiger partial charge on any atom is -0.286 e. The van der Waals surface area contributed by atoms with Crippen LogP contribution >= 0.6 is 23.2 Å². The molecule has 96 valence electrons. The van der Waals surface area contributed by atoms with Crippen LogP contribution in [-0.2, 0) is 6.18 Å². The molecule has 1 aromatic carbocycles. The molecule has 0 amide bonds. The highest BCUT2D eigenvalue weighted by atomic mass is 35.5. The van der Waals surface area contributed by atoms with Crippen molar-refractivity contribution in [2.75, 3.05) is 0 Å². The molecule has 1 heterocycles. The van der Waals surface area contributed by atoms with Crippen LogP contribution < -0.4 is 5.56 Å². The molecule has 0 saturated carbocycles. The number of halogens is 5. The maximum Gasteiger partial charge on any atom is 0.432 e. The predicted molar refractivity (Wildman–Crippen MR) is 61.4 cm³/mol. The molecule has 3 nitrogen and oxygen atoms in total. The molecule has 0 aliphatic heterocycles. The second-order valence-electron chi connectivity index (χ2n) is 3.44. The van der Waals surface area contributed by atoms with Gasteiger partial charge in [0.1, 0.15) is 5.69 Å². The lowest BCUT2D eigenvalue weighted by Gasteiger charge is -2.06. The van der Waals surface area contributed by atoms with Crippen molar-refractivity contribution in [2.45, 2.75) is 6.18 Å². The molecule has 18 heavy (non-hydrogen) atoms. The maximum absolute atomic E-state index is 12.4. The Morgan fingerprint density at radius 3 is 2.33 bits per heavy atom. The van der Waals surface area contributed by atoms with E-state index >= 15 is 0 Å². The van der Waals surface area contributed by atoms with Gasteiger partial charge in [0.25, 0.3) is 5.56 Å². The van der Waals surface area contributed by atoms with Crippen molar-refractivity contribution in [1.82, 2.24) is 9.78 Å². The van der Waals surface area contributed by atoms with Crippen LogP contribution in [-0.4, -0.2) is 9.78 Å². The zero-order chi connectivity index (χ0) is 13.5. The molecule has 1 aromatic heterocycles. The number of H-pyrrole nitrogens is 1. The van der Waals surface area contributed by atoms with Gasteiger partial charge in [-0.3, -0.25) is 9.89 Å². The Morgan fingerprint density at radius 2 is 1.83 bits per heavy atom. The number of rotatable bonds is 1. The third kappa shape index (κ3) is 2.39. The summed E-state index contributed by atoms with van der Waals surface area (Å²) in [5.41, 5.74) is -1.90. The molecule has 2 aromatic rings. The minimum absolute atomic E-state index is 0.0696. The number of nitrogens with one attached hydrogen (secondary N) is 1. The van der Waals surface area contributed by atoms with E-state index in [4.69, 9.17) is 23.2 Å². The van der Waals surface area contributed by atoms with E-state index in [1.54, 1.807) is 0 Å². The number of alkyl halides is 3. The first kappa shape index (κ1) is 13.0. The van der Waals surface area contributed by atoms with E-state index in [-0.39, 0.29) is 10.7 Å². The average molecular weight is 297 g/mol. The molecule has 0 spiro atoms. The summed E-state index contributed by atoms with van der Waals surface area (Å²) in [5.74, 6) is 0. The Balaban J connectivity index is 2.58. The van der Waals surface area contributed by atoms with Crippen molar-refractivity contribution in [3.63, 3.8) is 0 Å². The lowest BCUT2D eigenvalue weighted by molar-refractivity contribution is -0.141. The van der Waals surface area contributed by atoms with E-state index in [1.165, 1.54) is 18.2 Å². The summed E-state index contributed by atoms with van der Waals surface area (Å²) >= 11 is 11.5. The van der Waals surface area contributed by atoms with Crippen molar-refractivity contribution < 1.29 is 13.2 Å². The number of hydrogen-bond acceptors (Lipinski definition) is 1. The molecule has 0 bridgehead atoms. The van der Waals surface area contributed by atoms with Gasteiger partial charge < -0.3 is 0 Å². The molecule has 0 atom stereocenters. The summed E-state index contributed by atoms with van der Waals surface area (Å²) in [5, 5.41) is 2.34. The summed E-state index contributed by atoms with van der Waals surface area (Å²) in [7, 11) is 0. The lowest BCUT2D eigenvalue weighted by atomic mass is 10.3. The van der Waals surface area contributed by atoms with E-state index in [2.05, 4.69) is 0 Å². The van der Waals surface area contributed by atoms with Gasteiger partial charge in [-0.1, -0.05) is 23.2 Å². The quantitative estimate of drug-likeness (QED) is 0.859. The molecule has 0 aliphatic carbocycles. The van der Waals surface area contributed by atoms with Gasteiger partial charge >= 0.3 is 6.18 Å². The van der Waals surface area contributed by atoms with Gasteiger partial charge in [0.05, 0.1) is 10.7 Å². The number of aromatic nitrogens is 2. The summed E-state index contributed by atoms with van der Waals surface area (Å²) in [6, 6.07) is 4.57. The van der Waals surface area contributed by atoms with E-state index in [0.717, 1.165) is 0 Å². The summed E-state index contributed by atoms with van der Waals surface area (Å²) < 4.78 is 38.0. The third-order valence-corrected chi connectivity index (χ3v) is 2.71. The topological polar surface area (TPSA) is 37.8 Å². The fraction of sp³-hybridized carbons (Fsp3) is 0.100. The summed E-state index contributed by atoms with van der Waals surface area (Å²) in [4.78, 5) is 11.5. The molecule has 1 N–H and O–H groups in total. The van der Waals surface area contributed by atoms with E-state index in [1.807, 2.05) is 5.10 Å². The maximum atomic E-state index is 12.4. The molecule has 8 heteroatoms. The Hall–Kier alpha value is -1.40. The zero-order valence-electron chi connectivity index (χ0n) is 8.55. The smallest absolute Gasteiger partial charge is 0.286 e. The van der Waals surface area contributed by atoms with Crippen LogP contribution in [0.1, 0.15) is 5.69 Å². The number of benzene rings is 1. The van der Waals surface area contributed by atoms with Crippen LogP contribution in [0.2, 0.25) is 10.0 Å². The highest BCUT2D eigenvalue weighted by Crippen LogP contribution is 2.28. The molecule has 0 radical (unpaired) electrons. The fourth-order valence-corrected chi connectivity index (χ4v) is 1.88. The van der Waals surface area contributed by atoms with Gasteiger partial charge in [-0.15, -0.1) is 0 Å². The van der Waals surface area contributed by atoms with Crippen LogP contribution in [0, 0.1) is 0 Å². The second-order valence-corrected chi connectivity index (χ2v) is 4.28. The van der Waals surface area contributed by atoms with Gasteiger partial charge in [-0.25, -0.2) is 4.68 Å². The van der Waals surface area contributed by atoms with Gasteiger partial charge in [-0.05, 0) is 18.2 Å². The molecular formula is C10H5Cl2F3N2O. The van der Waals surface area contributed by atoms with Crippen molar-refractivity contribution in [1.29, 1.82) is 0 Å².